The summed E-state index contributed by atoms with van der Waals surface area (Å²) in [6, 6.07) is 3.48. The van der Waals surface area contributed by atoms with Gasteiger partial charge in [0.1, 0.15) is 27.8 Å². The minimum Gasteiger partial charge on any atom is -0.479 e. The quantitative estimate of drug-likeness (QED) is 0.239. The standard InChI is InChI=1S/C22H13F6N3O4S/c1-7-4-11(19(27)28)30-22-13(7)16(18(36-22)20(29)32)31-21(33)12-3-2-8(35-12)6-34-17-14(25)9(23)5-10(24)15(17)26/h2-5,19H,6H2,1H3,(H2,29,32)(H,31,33). The number of aryl methyl sites for hydroxylation is 1. The number of hydrogen-bond donors (Lipinski definition) is 2. The van der Waals surface area contributed by atoms with E-state index in [0.717, 1.165) is 12.1 Å². The molecule has 0 aliphatic heterocycles. The Hall–Kier alpha value is -4.07. The van der Waals surface area contributed by atoms with Crippen molar-refractivity contribution in [3.63, 3.8) is 0 Å². The number of alkyl halides is 2. The number of furan rings is 1. The minimum absolute atomic E-state index is 0.0207. The fraction of sp³-hybridized carbons (Fsp3) is 0.136. The van der Waals surface area contributed by atoms with Crippen LogP contribution in [0.5, 0.6) is 5.75 Å². The molecule has 2 amide bonds. The second-order valence-corrected chi connectivity index (χ2v) is 8.32. The van der Waals surface area contributed by atoms with E-state index in [0.29, 0.717) is 16.9 Å². The first-order chi connectivity index (χ1) is 17.0. The zero-order valence-corrected chi connectivity index (χ0v) is 18.7. The van der Waals surface area contributed by atoms with Gasteiger partial charge in [-0.3, -0.25) is 9.59 Å². The van der Waals surface area contributed by atoms with Crippen LogP contribution in [0.4, 0.5) is 32.0 Å². The summed E-state index contributed by atoms with van der Waals surface area (Å²) in [6.07, 6.45) is -2.86. The third-order valence-corrected chi connectivity index (χ3v) is 5.98. The summed E-state index contributed by atoms with van der Waals surface area (Å²) >= 11 is 0.714. The number of benzene rings is 1. The third-order valence-electron chi connectivity index (χ3n) is 4.88. The first-order valence-corrected chi connectivity index (χ1v) is 10.7. The topological polar surface area (TPSA) is 107 Å². The van der Waals surface area contributed by atoms with E-state index in [2.05, 4.69) is 10.3 Å². The molecule has 188 valence electrons. The molecule has 4 rings (SSSR count). The first kappa shape index (κ1) is 25.0. The highest BCUT2D eigenvalue weighted by atomic mass is 32.1. The Morgan fingerprint density at radius 2 is 1.81 bits per heavy atom. The number of carbonyl (C=O) groups excluding carboxylic acids is 2. The number of nitrogens with one attached hydrogen (secondary N) is 1. The molecule has 0 atom stereocenters. The number of ether oxygens (including phenoxy) is 1. The van der Waals surface area contributed by atoms with Gasteiger partial charge in [-0.1, -0.05) is 0 Å². The molecule has 0 aliphatic rings. The van der Waals surface area contributed by atoms with Crippen LogP contribution in [0.1, 0.15) is 43.7 Å². The molecular weight excluding hydrogens is 516 g/mol. The van der Waals surface area contributed by atoms with E-state index in [1.807, 2.05) is 0 Å². The number of primary amides is 1. The molecule has 14 heteroatoms. The Morgan fingerprint density at radius 1 is 1.14 bits per heavy atom. The van der Waals surface area contributed by atoms with Gasteiger partial charge in [-0.2, -0.15) is 8.78 Å². The van der Waals surface area contributed by atoms with E-state index in [4.69, 9.17) is 14.9 Å². The normalized spacial score (nSPS) is 11.3. The van der Waals surface area contributed by atoms with Crippen molar-refractivity contribution >= 4 is 39.1 Å². The lowest BCUT2D eigenvalue weighted by atomic mass is 10.1. The summed E-state index contributed by atoms with van der Waals surface area (Å²) in [4.78, 5) is 28.4. The van der Waals surface area contributed by atoms with Crippen LogP contribution in [0.2, 0.25) is 0 Å². The molecule has 1 aromatic carbocycles. The van der Waals surface area contributed by atoms with E-state index in [1.54, 1.807) is 0 Å². The van der Waals surface area contributed by atoms with Gasteiger partial charge in [0.2, 0.25) is 11.6 Å². The Kier molecular flexibility index (Phi) is 6.63. The predicted octanol–water partition coefficient (Wildman–Crippen LogP) is 5.62. The number of pyridine rings is 1. The summed E-state index contributed by atoms with van der Waals surface area (Å²) < 4.78 is 90.4. The SMILES string of the molecule is Cc1cc(C(F)F)nc2sc(C(N)=O)c(NC(=O)c3ccc(COc4c(F)c(F)cc(F)c4F)o3)c12. The van der Waals surface area contributed by atoms with Gasteiger partial charge in [0, 0.05) is 11.5 Å². The van der Waals surface area contributed by atoms with Crippen LogP contribution in [0.25, 0.3) is 10.2 Å². The maximum atomic E-state index is 13.7. The zero-order chi connectivity index (χ0) is 26.3. The lowest BCUT2D eigenvalue weighted by Crippen LogP contribution is -2.16. The van der Waals surface area contributed by atoms with Gasteiger partial charge in [-0.05, 0) is 30.7 Å². The van der Waals surface area contributed by atoms with Gasteiger partial charge in [0.25, 0.3) is 18.2 Å². The Morgan fingerprint density at radius 3 is 2.42 bits per heavy atom. The van der Waals surface area contributed by atoms with Crippen molar-refractivity contribution in [3.05, 3.63) is 75.2 Å². The molecule has 3 N–H and O–H groups in total. The van der Waals surface area contributed by atoms with Crippen molar-refractivity contribution in [1.82, 2.24) is 4.98 Å². The fourth-order valence-electron chi connectivity index (χ4n) is 3.29. The molecule has 0 saturated heterocycles. The largest absolute Gasteiger partial charge is 0.479 e. The molecule has 0 spiro atoms. The number of amides is 2. The van der Waals surface area contributed by atoms with Crippen molar-refractivity contribution in [2.24, 2.45) is 5.73 Å². The number of fused-ring (bicyclic) bond motifs is 1. The minimum atomic E-state index is -2.86. The number of anilines is 1. The summed E-state index contributed by atoms with van der Waals surface area (Å²) in [5, 5.41) is 2.65. The highest BCUT2D eigenvalue weighted by Crippen LogP contribution is 2.38. The van der Waals surface area contributed by atoms with Crippen molar-refractivity contribution in [2.75, 3.05) is 5.32 Å². The average molecular weight is 529 g/mol. The molecule has 7 nitrogen and oxygen atoms in total. The molecule has 4 aromatic rings. The molecule has 0 radical (unpaired) electrons. The number of thiophene rings is 1. The van der Waals surface area contributed by atoms with E-state index >= 15 is 0 Å². The number of nitrogens with zero attached hydrogens (tertiary/aromatic N) is 1. The molecule has 0 saturated carbocycles. The third kappa shape index (κ3) is 4.58. The fourth-order valence-corrected chi connectivity index (χ4v) is 4.35. The highest BCUT2D eigenvalue weighted by Gasteiger charge is 2.25. The summed E-state index contributed by atoms with van der Waals surface area (Å²) in [7, 11) is 0. The maximum absolute atomic E-state index is 13.7. The number of aromatic nitrogens is 1. The summed E-state index contributed by atoms with van der Waals surface area (Å²) in [5.41, 5.74) is 5.10. The van der Waals surface area contributed by atoms with Crippen LogP contribution in [0.3, 0.4) is 0 Å². The van der Waals surface area contributed by atoms with Gasteiger partial charge >= 0.3 is 0 Å². The van der Waals surface area contributed by atoms with Crippen LogP contribution in [0, 0.1) is 30.2 Å². The second kappa shape index (κ2) is 9.53. The number of halogens is 6. The van der Waals surface area contributed by atoms with Gasteiger partial charge < -0.3 is 20.2 Å². The van der Waals surface area contributed by atoms with Crippen molar-refractivity contribution in [3.8, 4) is 5.75 Å². The van der Waals surface area contributed by atoms with E-state index < -0.39 is 59.6 Å². The van der Waals surface area contributed by atoms with Gasteiger partial charge in [-0.15, -0.1) is 11.3 Å². The van der Waals surface area contributed by atoms with Crippen LogP contribution in [-0.4, -0.2) is 16.8 Å². The lowest BCUT2D eigenvalue weighted by Gasteiger charge is -2.08. The smallest absolute Gasteiger partial charge is 0.291 e. The van der Waals surface area contributed by atoms with Gasteiger partial charge in [0.05, 0.1) is 5.69 Å². The lowest BCUT2D eigenvalue weighted by molar-refractivity contribution is 0.0992. The number of nitrogens with two attached hydrogens (primary N) is 1. The van der Waals surface area contributed by atoms with Crippen LogP contribution < -0.4 is 15.8 Å². The molecule has 0 fully saturated rings. The van der Waals surface area contributed by atoms with E-state index in [-0.39, 0.29) is 38.4 Å². The van der Waals surface area contributed by atoms with Gasteiger partial charge in [-0.25, -0.2) is 22.5 Å². The first-order valence-electron chi connectivity index (χ1n) is 9.85. The van der Waals surface area contributed by atoms with Gasteiger partial charge in [0.15, 0.2) is 23.1 Å². The summed E-state index contributed by atoms with van der Waals surface area (Å²) in [5.74, 6) is -10.5. The monoisotopic (exact) mass is 529 g/mol. The molecule has 3 aromatic heterocycles. The van der Waals surface area contributed by atoms with Crippen molar-refractivity contribution < 1.29 is 45.1 Å². The highest BCUT2D eigenvalue weighted by molar-refractivity contribution is 7.21. The van der Waals surface area contributed by atoms with Crippen molar-refractivity contribution in [1.29, 1.82) is 0 Å². The Balaban J connectivity index is 1.58. The molecular formula is C22H13F6N3O4S. The van der Waals surface area contributed by atoms with E-state index in [9.17, 15) is 35.9 Å². The molecule has 3 heterocycles. The Bertz CT molecular complexity index is 1490. The average Bonchev–Trinajstić information content (AvgIpc) is 3.43. The van der Waals surface area contributed by atoms with E-state index in [1.165, 1.54) is 13.0 Å². The van der Waals surface area contributed by atoms with Crippen LogP contribution in [-0.2, 0) is 6.61 Å². The molecule has 0 unspecified atom stereocenters. The number of rotatable bonds is 7. The zero-order valence-electron chi connectivity index (χ0n) is 17.9. The van der Waals surface area contributed by atoms with Crippen LogP contribution >= 0.6 is 11.3 Å². The Labute approximate surface area is 201 Å². The predicted molar refractivity (Wildman–Crippen MR) is 115 cm³/mol. The number of hydrogen-bond acceptors (Lipinski definition) is 6. The number of carbonyl (C=O) groups is 2. The second-order valence-electron chi connectivity index (χ2n) is 7.32. The maximum Gasteiger partial charge on any atom is 0.291 e. The van der Waals surface area contributed by atoms with Crippen LogP contribution in [0.15, 0.2) is 28.7 Å². The molecule has 0 bridgehead atoms. The van der Waals surface area contributed by atoms with Crippen molar-refractivity contribution in [2.45, 2.75) is 20.0 Å². The molecule has 36 heavy (non-hydrogen) atoms. The summed E-state index contributed by atoms with van der Waals surface area (Å²) in [6.45, 7) is 0.788. The molecule has 0 aliphatic carbocycles.